The van der Waals surface area contributed by atoms with Crippen molar-refractivity contribution in [2.75, 3.05) is 0 Å². The van der Waals surface area contributed by atoms with Gasteiger partial charge in [-0.2, -0.15) is 0 Å². The van der Waals surface area contributed by atoms with Crippen LogP contribution in [-0.2, 0) is 19.3 Å². The molecule has 0 bridgehead atoms. The first-order valence-corrected chi connectivity index (χ1v) is 11.8. The summed E-state index contributed by atoms with van der Waals surface area (Å²) in [5.41, 5.74) is 7.23. The summed E-state index contributed by atoms with van der Waals surface area (Å²) in [5, 5.41) is 3.85. The summed E-state index contributed by atoms with van der Waals surface area (Å²) in [6.07, 6.45) is 19.9. The van der Waals surface area contributed by atoms with Crippen molar-refractivity contribution in [1.29, 1.82) is 0 Å². The fourth-order valence-corrected chi connectivity index (χ4v) is 4.27. The summed E-state index contributed by atoms with van der Waals surface area (Å²) in [5.74, 6) is 0. The molecule has 1 aliphatic carbocycles. The minimum Gasteiger partial charge on any atom is -0.381 e. The van der Waals surface area contributed by atoms with Gasteiger partial charge in [-0.05, 0) is 67.3 Å². The van der Waals surface area contributed by atoms with Crippen LogP contribution in [0.4, 0.5) is 0 Å². The number of rotatable bonds is 10. The molecule has 2 aromatic rings. The van der Waals surface area contributed by atoms with Crippen LogP contribution in [0.1, 0.15) is 86.9 Å². The van der Waals surface area contributed by atoms with Crippen LogP contribution < -0.4 is 5.32 Å². The van der Waals surface area contributed by atoms with E-state index < -0.39 is 0 Å². The number of hydrogen-bond donors (Lipinski definition) is 1. The lowest BCUT2D eigenvalue weighted by Crippen LogP contribution is -2.30. The molecule has 30 heavy (non-hydrogen) atoms. The summed E-state index contributed by atoms with van der Waals surface area (Å²) in [4.78, 5) is 9.42. The molecule has 1 N–H and O–H groups in total. The molecule has 2 aromatic heterocycles. The third-order valence-corrected chi connectivity index (χ3v) is 6.07. The molecule has 0 aromatic carbocycles. The highest BCUT2D eigenvalue weighted by atomic mass is 15.0. The van der Waals surface area contributed by atoms with Gasteiger partial charge in [0.2, 0.25) is 0 Å². The summed E-state index contributed by atoms with van der Waals surface area (Å²) in [7, 11) is 0. The Hall–Kier alpha value is -2.42. The topological polar surface area (TPSA) is 37.8 Å². The zero-order chi connectivity index (χ0) is 21.2. The van der Waals surface area contributed by atoms with Crippen molar-refractivity contribution in [3.8, 4) is 0 Å². The minimum atomic E-state index is 0.579. The van der Waals surface area contributed by atoms with Gasteiger partial charge >= 0.3 is 0 Å². The molecule has 1 aliphatic rings. The maximum Gasteiger partial charge on any atom is 0.0889 e. The van der Waals surface area contributed by atoms with Gasteiger partial charge in [0.15, 0.2) is 0 Å². The van der Waals surface area contributed by atoms with Gasteiger partial charge in [0.25, 0.3) is 0 Å². The van der Waals surface area contributed by atoms with E-state index in [0.717, 1.165) is 43.5 Å². The van der Waals surface area contributed by atoms with Crippen molar-refractivity contribution < 1.29 is 0 Å². The molecule has 0 saturated heterocycles. The average Bonchev–Trinajstić information content (AvgIpc) is 2.81. The molecule has 3 rings (SSSR count). The number of aryl methyl sites for hydroxylation is 3. The van der Waals surface area contributed by atoms with Gasteiger partial charge in [-0.15, -0.1) is 0 Å². The number of hydrogen-bond acceptors (Lipinski definition) is 3. The second kappa shape index (κ2) is 11.7. The van der Waals surface area contributed by atoms with Gasteiger partial charge in [-0.3, -0.25) is 9.97 Å². The maximum absolute atomic E-state index is 4.81. The number of allylic oxidation sites excluding steroid dienone is 1. The molecule has 0 atom stereocenters. The Morgan fingerprint density at radius 3 is 2.67 bits per heavy atom. The summed E-state index contributed by atoms with van der Waals surface area (Å²) >= 11 is 0. The van der Waals surface area contributed by atoms with E-state index in [1.807, 2.05) is 18.5 Å². The van der Waals surface area contributed by atoms with Crippen LogP contribution in [0.15, 0.2) is 43.2 Å². The number of pyridine rings is 2. The van der Waals surface area contributed by atoms with E-state index in [-0.39, 0.29) is 0 Å². The molecular formula is C27H37N3. The van der Waals surface area contributed by atoms with E-state index in [4.69, 9.17) is 4.98 Å². The Labute approximate surface area is 182 Å². The maximum atomic E-state index is 4.81. The quantitative estimate of drug-likeness (QED) is 0.490. The highest BCUT2D eigenvalue weighted by molar-refractivity contribution is 5.64. The van der Waals surface area contributed by atoms with E-state index in [9.17, 15) is 0 Å². The van der Waals surface area contributed by atoms with Crippen LogP contribution in [-0.4, -0.2) is 16.0 Å². The molecule has 0 spiro atoms. The zero-order valence-corrected chi connectivity index (χ0v) is 18.8. The summed E-state index contributed by atoms with van der Waals surface area (Å²) in [6.45, 7) is 8.38. The lowest BCUT2D eigenvalue weighted by atomic mass is 9.94. The van der Waals surface area contributed by atoms with Gasteiger partial charge in [0, 0.05) is 24.1 Å². The standard InChI is InChI=1S/C27H37N3/c1-4-7-15-26(30-25-13-9-8-10-14-25)27-22(12-11-18-28-27)16-17-23-20-29-24(6-3)19-21(23)5-2/h5,11-12,15,18-20,25,30H,2,4,6-10,13-14,16-17H2,1,3H3/b26-15-. The van der Waals surface area contributed by atoms with E-state index >= 15 is 0 Å². The van der Waals surface area contributed by atoms with E-state index in [1.165, 1.54) is 54.5 Å². The first-order valence-electron chi connectivity index (χ1n) is 11.8. The minimum absolute atomic E-state index is 0.579. The first-order chi connectivity index (χ1) is 14.7. The molecule has 0 unspecified atom stereocenters. The molecule has 0 aliphatic heterocycles. The SMILES string of the molecule is C=Cc1cc(CC)ncc1CCc1cccnc1/C(=C/CCC)NC1CCCCC1. The number of unbranched alkanes of at least 4 members (excludes halogenated alkanes) is 1. The largest absolute Gasteiger partial charge is 0.381 e. The molecule has 0 amide bonds. The first kappa shape index (κ1) is 22.3. The fraction of sp³-hybridized carbons (Fsp3) is 0.481. The van der Waals surface area contributed by atoms with Crippen molar-refractivity contribution in [3.05, 3.63) is 71.3 Å². The monoisotopic (exact) mass is 403 g/mol. The summed E-state index contributed by atoms with van der Waals surface area (Å²) < 4.78 is 0. The van der Waals surface area contributed by atoms with Gasteiger partial charge in [-0.1, -0.05) is 64.3 Å². The Bertz CT molecular complexity index is 847. The number of nitrogens with one attached hydrogen (secondary N) is 1. The van der Waals surface area contributed by atoms with Crippen LogP contribution in [0.3, 0.4) is 0 Å². The van der Waals surface area contributed by atoms with E-state index in [1.54, 1.807) is 0 Å². The number of nitrogens with zero attached hydrogens (tertiary/aromatic N) is 2. The smallest absolute Gasteiger partial charge is 0.0889 e. The predicted octanol–water partition coefficient (Wildman–Crippen LogP) is 6.53. The Morgan fingerprint density at radius 1 is 1.13 bits per heavy atom. The second-order valence-corrected chi connectivity index (χ2v) is 8.33. The summed E-state index contributed by atoms with van der Waals surface area (Å²) in [6, 6.07) is 7.04. The molecule has 3 heteroatoms. The Balaban J connectivity index is 1.80. The fourth-order valence-electron chi connectivity index (χ4n) is 4.27. The van der Waals surface area contributed by atoms with Gasteiger partial charge in [-0.25, -0.2) is 0 Å². The molecule has 2 heterocycles. The molecule has 3 nitrogen and oxygen atoms in total. The van der Waals surface area contributed by atoms with Crippen LogP contribution in [0.5, 0.6) is 0 Å². The molecule has 1 saturated carbocycles. The lowest BCUT2D eigenvalue weighted by Gasteiger charge is -2.26. The lowest BCUT2D eigenvalue weighted by molar-refractivity contribution is 0.408. The normalized spacial score (nSPS) is 15.2. The Kier molecular flexibility index (Phi) is 8.67. The molecular weight excluding hydrogens is 366 g/mol. The van der Waals surface area contributed by atoms with Gasteiger partial charge in [0.05, 0.1) is 11.4 Å². The third-order valence-electron chi connectivity index (χ3n) is 6.07. The van der Waals surface area contributed by atoms with Crippen LogP contribution >= 0.6 is 0 Å². The molecule has 0 radical (unpaired) electrons. The van der Waals surface area contributed by atoms with Crippen molar-refractivity contribution in [2.24, 2.45) is 0 Å². The number of aromatic nitrogens is 2. The van der Waals surface area contributed by atoms with Crippen LogP contribution in [0.2, 0.25) is 0 Å². The Morgan fingerprint density at radius 2 is 1.93 bits per heavy atom. The average molecular weight is 404 g/mol. The van der Waals surface area contributed by atoms with Gasteiger partial charge < -0.3 is 5.32 Å². The zero-order valence-electron chi connectivity index (χ0n) is 18.8. The van der Waals surface area contributed by atoms with Crippen molar-refractivity contribution in [1.82, 2.24) is 15.3 Å². The molecule has 160 valence electrons. The van der Waals surface area contributed by atoms with Crippen LogP contribution in [0.25, 0.3) is 11.8 Å². The predicted molar refractivity (Wildman–Crippen MR) is 128 cm³/mol. The van der Waals surface area contributed by atoms with E-state index in [2.05, 4.69) is 55.0 Å². The van der Waals surface area contributed by atoms with Crippen molar-refractivity contribution in [3.63, 3.8) is 0 Å². The highest BCUT2D eigenvalue weighted by Crippen LogP contribution is 2.24. The third kappa shape index (κ3) is 6.04. The van der Waals surface area contributed by atoms with Crippen molar-refractivity contribution >= 4 is 11.8 Å². The van der Waals surface area contributed by atoms with E-state index in [0.29, 0.717) is 6.04 Å². The highest BCUT2D eigenvalue weighted by Gasteiger charge is 2.17. The second-order valence-electron chi connectivity index (χ2n) is 8.33. The van der Waals surface area contributed by atoms with Crippen LogP contribution in [0, 0.1) is 0 Å². The molecule has 1 fully saturated rings. The van der Waals surface area contributed by atoms with Crippen molar-refractivity contribution in [2.45, 2.75) is 84.1 Å². The van der Waals surface area contributed by atoms with Gasteiger partial charge in [0.1, 0.15) is 0 Å².